The molecule has 0 aliphatic carbocycles. The molecule has 0 aliphatic rings. The normalized spacial score (nSPS) is 4.50. The van der Waals surface area contributed by atoms with E-state index in [1.54, 1.807) is 0 Å². The zero-order valence-corrected chi connectivity index (χ0v) is 20.6. The van der Waals surface area contributed by atoms with Crippen LogP contribution in [0, 0.1) is 0 Å². The van der Waals surface area contributed by atoms with Crippen molar-refractivity contribution in [1.82, 2.24) is 0 Å². The second-order valence-corrected chi connectivity index (χ2v) is 0.849. The van der Waals surface area contributed by atoms with Gasteiger partial charge < -0.3 is 50.1 Å². The van der Waals surface area contributed by atoms with Crippen molar-refractivity contribution in [2.45, 2.75) is 0 Å². The molecule has 0 atom stereocenters. The smallest absolute Gasteiger partial charge is 0.755 e. The summed E-state index contributed by atoms with van der Waals surface area (Å²) in [6, 6.07) is 0. The fourth-order valence-electron chi connectivity index (χ4n) is 0. The Morgan fingerprint density at radius 3 is 0.833 bits per heavy atom. The number of carboxylic acid groups (broad SMARTS) is 5. The standard InChI is InChI=1S/CH2O4.2CH2O3.5Na/c2-1(3)5-4;2*2-1(3)4;;;;;/h4H,(H,2,3);2*(H2,2,3,4);;;;;/q;;;5*+1/p-5. The maximum atomic E-state index is 8.72. The molecule has 0 aromatic carbocycles. The van der Waals surface area contributed by atoms with Crippen LogP contribution in [0.15, 0.2) is 0 Å². The van der Waals surface area contributed by atoms with Crippen molar-refractivity contribution < 1.29 is 198 Å². The molecule has 10 nitrogen and oxygen atoms in total. The summed E-state index contributed by atoms with van der Waals surface area (Å²) in [5.74, 6) is 0. The van der Waals surface area contributed by atoms with Gasteiger partial charge in [-0.25, -0.2) is 0 Å². The summed E-state index contributed by atoms with van der Waals surface area (Å²) in [6.07, 6.45) is -6.47. The molecular formula is C3HNa5O10. The Balaban J connectivity index is -0.0000000123. The molecule has 78 valence electrons. The first-order chi connectivity index (χ1) is 5.73. The number of carbonyl (C=O) groups excluding carboxylic acids is 2. The van der Waals surface area contributed by atoms with Crippen LogP contribution in [0.2, 0.25) is 0 Å². The van der Waals surface area contributed by atoms with Gasteiger partial charge in [-0.15, -0.1) is 0 Å². The monoisotopic (exact) mass is 312 g/mol. The third kappa shape index (κ3) is 260. The molecule has 15 heteroatoms. The minimum Gasteiger partial charge on any atom is -0.755 e. The Morgan fingerprint density at radius 2 is 0.833 bits per heavy atom. The molecule has 18 heavy (non-hydrogen) atoms. The van der Waals surface area contributed by atoms with Crippen LogP contribution in [0.25, 0.3) is 0 Å². The average Bonchev–Trinajstić information content (AvgIpc) is 1.84. The van der Waals surface area contributed by atoms with E-state index in [1.807, 2.05) is 0 Å². The van der Waals surface area contributed by atoms with E-state index >= 15 is 0 Å². The molecule has 1 N–H and O–H groups in total. The van der Waals surface area contributed by atoms with Gasteiger partial charge in [-0.2, -0.15) is 0 Å². The first-order valence-corrected chi connectivity index (χ1v) is 2.02. The summed E-state index contributed by atoms with van der Waals surface area (Å²) in [5.41, 5.74) is 0. The molecule has 0 saturated heterocycles. The quantitative estimate of drug-likeness (QED) is 0.254. The van der Waals surface area contributed by atoms with Crippen LogP contribution in [0.4, 0.5) is 14.4 Å². The van der Waals surface area contributed by atoms with Crippen LogP contribution in [0.3, 0.4) is 0 Å². The summed E-state index contributed by atoms with van der Waals surface area (Å²) in [7, 11) is 0. The minimum absolute atomic E-state index is 0. The van der Waals surface area contributed by atoms with E-state index in [0.717, 1.165) is 0 Å². The molecule has 0 rings (SSSR count). The van der Waals surface area contributed by atoms with Crippen molar-refractivity contribution in [3.63, 3.8) is 0 Å². The van der Waals surface area contributed by atoms with Crippen LogP contribution in [0.1, 0.15) is 0 Å². The van der Waals surface area contributed by atoms with Crippen molar-refractivity contribution in [1.29, 1.82) is 0 Å². The van der Waals surface area contributed by atoms with Crippen molar-refractivity contribution in [2.75, 3.05) is 0 Å². The van der Waals surface area contributed by atoms with E-state index in [1.165, 1.54) is 0 Å². The van der Waals surface area contributed by atoms with Gasteiger partial charge in [0, 0.05) is 0 Å². The van der Waals surface area contributed by atoms with Crippen LogP contribution >= 0.6 is 0 Å². The second-order valence-electron chi connectivity index (χ2n) is 0.849. The average molecular weight is 312 g/mol. The van der Waals surface area contributed by atoms with Gasteiger partial charge in [-0.1, -0.05) is 0 Å². The number of hydrogen-bond acceptors (Lipinski definition) is 9. The van der Waals surface area contributed by atoms with Crippen molar-refractivity contribution in [2.24, 2.45) is 0 Å². The Labute approximate surface area is 212 Å². The molecule has 0 fully saturated rings. The molecule has 0 amide bonds. The number of hydrogen-bond donors (Lipinski definition) is 1. The molecule has 0 unspecified atom stereocenters. The van der Waals surface area contributed by atoms with E-state index in [4.69, 9.17) is 45.2 Å². The molecule has 0 radical (unpaired) electrons. The summed E-state index contributed by atoms with van der Waals surface area (Å²) in [5, 5.41) is 49.2. The SMILES string of the molecule is O=C([O-])O.O=C([O-])O[O-].O=C([O-])[O-].[Na+].[Na+].[Na+].[Na+].[Na+]. The van der Waals surface area contributed by atoms with E-state index < -0.39 is 18.5 Å². The molecule has 0 spiro atoms. The van der Waals surface area contributed by atoms with Gasteiger partial charge in [0.25, 0.3) is 0 Å². The van der Waals surface area contributed by atoms with Crippen molar-refractivity contribution >= 4 is 18.5 Å². The molecule has 0 aromatic rings. The van der Waals surface area contributed by atoms with Gasteiger partial charge in [0.1, 0.15) is 0 Å². The predicted octanol–water partition coefficient (Wildman–Crippen LogP) is -20.9. The van der Waals surface area contributed by atoms with Crippen molar-refractivity contribution in [3.05, 3.63) is 0 Å². The van der Waals surface area contributed by atoms with E-state index in [9.17, 15) is 0 Å². The van der Waals surface area contributed by atoms with Crippen LogP contribution in [-0.4, -0.2) is 23.6 Å². The first-order valence-electron chi connectivity index (χ1n) is 2.02. The fourth-order valence-corrected chi connectivity index (χ4v) is 0. The van der Waals surface area contributed by atoms with Gasteiger partial charge >= 0.3 is 148 Å². The summed E-state index contributed by atoms with van der Waals surface area (Å²) in [4.78, 5) is 27.8. The van der Waals surface area contributed by atoms with Gasteiger partial charge in [-0.3, -0.25) is 0 Å². The van der Waals surface area contributed by atoms with Crippen molar-refractivity contribution in [3.8, 4) is 0 Å². The van der Waals surface area contributed by atoms with E-state index in [2.05, 4.69) is 4.89 Å². The third-order valence-electron chi connectivity index (χ3n) is 0.0680. The largest absolute Gasteiger partial charge is 1.00 e. The first kappa shape index (κ1) is 49.8. The second kappa shape index (κ2) is 42.7. The Morgan fingerprint density at radius 1 is 0.778 bits per heavy atom. The fraction of sp³-hybridized carbons (Fsp3) is 0. The Hall–Kier alpha value is 2.77. The zero-order chi connectivity index (χ0) is 11.4. The van der Waals surface area contributed by atoms with Crippen LogP contribution in [-0.2, 0) is 4.89 Å². The third-order valence-corrected chi connectivity index (χ3v) is 0.0680. The van der Waals surface area contributed by atoms with E-state index in [0.29, 0.717) is 0 Å². The molecule has 0 bridgehead atoms. The van der Waals surface area contributed by atoms with Crippen LogP contribution in [0.5, 0.6) is 0 Å². The minimum atomic E-state index is -2.33. The predicted molar refractivity (Wildman–Crippen MR) is 19.9 cm³/mol. The maximum Gasteiger partial charge on any atom is 1.00 e. The van der Waals surface area contributed by atoms with E-state index in [-0.39, 0.29) is 148 Å². The molecular weight excluding hydrogens is 311 g/mol. The topological polar surface area (TPSA) is 196 Å². The molecule has 0 heterocycles. The molecule has 0 aliphatic heterocycles. The summed E-state index contributed by atoms with van der Waals surface area (Å²) >= 11 is 0. The number of rotatable bonds is 0. The zero-order valence-electron chi connectivity index (χ0n) is 10.6. The number of carbonyl (C=O) groups is 3. The van der Waals surface area contributed by atoms with Gasteiger partial charge in [0.15, 0.2) is 0 Å². The summed E-state index contributed by atoms with van der Waals surface area (Å²) in [6.45, 7) is 0. The summed E-state index contributed by atoms with van der Waals surface area (Å²) < 4.78 is 0. The Bertz CT molecular complexity index is 155. The van der Waals surface area contributed by atoms with Crippen LogP contribution < -0.4 is 173 Å². The van der Waals surface area contributed by atoms with Gasteiger partial charge in [-0.05, 0) is 6.16 Å². The maximum absolute atomic E-state index is 8.72. The Kier molecular flexibility index (Phi) is 118. The van der Waals surface area contributed by atoms with Gasteiger partial charge in [0.2, 0.25) is 12.3 Å². The molecule has 0 aromatic heterocycles. The van der Waals surface area contributed by atoms with Gasteiger partial charge in [0.05, 0.1) is 0 Å². The molecule has 0 saturated carbocycles.